The Morgan fingerprint density at radius 1 is 1.21 bits per heavy atom. The van der Waals surface area contributed by atoms with Crippen LogP contribution in [0, 0.1) is 5.92 Å². The van der Waals surface area contributed by atoms with Crippen LogP contribution in [-0.2, 0) is 0 Å². The Morgan fingerprint density at radius 2 is 1.95 bits per heavy atom. The molecule has 19 heavy (non-hydrogen) atoms. The van der Waals surface area contributed by atoms with Crippen molar-refractivity contribution < 1.29 is 0 Å². The highest BCUT2D eigenvalue weighted by Crippen LogP contribution is 2.35. The van der Waals surface area contributed by atoms with Crippen LogP contribution >= 0.6 is 31.9 Å². The van der Waals surface area contributed by atoms with Crippen LogP contribution in [-0.4, -0.2) is 6.54 Å². The molecule has 1 aromatic carbocycles. The Labute approximate surface area is 133 Å². The third-order valence-electron chi connectivity index (χ3n) is 4.08. The molecular formula is C16H23Br2N. The van der Waals surface area contributed by atoms with Crippen molar-refractivity contribution in [3.8, 4) is 0 Å². The van der Waals surface area contributed by atoms with E-state index in [9.17, 15) is 0 Å². The lowest BCUT2D eigenvalue weighted by Gasteiger charge is -2.28. The highest BCUT2D eigenvalue weighted by molar-refractivity contribution is 9.11. The summed E-state index contributed by atoms with van der Waals surface area (Å²) < 4.78 is 2.38. The van der Waals surface area contributed by atoms with Crippen molar-refractivity contribution in [2.75, 3.05) is 6.54 Å². The first kappa shape index (κ1) is 15.5. The van der Waals surface area contributed by atoms with E-state index in [1.165, 1.54) is 48.6 Å². The average Bonchev–Trinajstić information content (AvgIpc) is 2.42. The van der Waals surface area contributed by atoms with Crippen LogP contribution in [0.1, 0.15) is 57.1 Å². The molecule has 0 bridgehead atoms. The smallest absolute Gasteiger partial charge is 0.0334 e. The fraction of sp³-hybridized carbons (Fsp3) is 0.625. The Bertz CT molecular complexity index is 400. The maximum atomic E-state index is 3.71. The van der Waals surface area contributed by atoms with Crippen LogP contribution in [0.3, 0.4) is 0 Å². The second-order valence-corrected chi connectivity index (χ2v) is 7.29. The molecule has 2 rings (SSSR count). The topological polar surface area (TPSA) is 12.0 Å². The van der Waals surface area contributed by atoms with Gasteiger partial charge >= 0.3 is 0 Å². The van der Waals surface area contributed by atoms with Crippen molar-refractivity contribution in [3.63, 3.8) is 0 Å². The van der Waals surface area contributed by atoms with E-state index in [2.05, 4.69) is 62.3 Å². The molecule has 1 atom stereocenters. The van der Waals surface area contributed by atoms with Gasteiger partial charge in [-0.2, -0.15) is 0 Å². The molecule has 0 spiro atoms. The van der Waals surface area contributed by atoms with Gasteiger partial charge in [0.2, 0.25) is 0 Å². The van der Waals surface area contributed by atoms with E-state index >= 15 is 0 Å². The minimum Gasteiger partial charge on any atom is -0.310 e. The third-order valence-corrected chi connectivity index (χ3v) is 5.29. The zero-order valence-electron chi connectivity index (χ0n) is 11.6. The van der Waals surface area contributed by atoms with Crippen molar-refractivity contribution in [1.82, 2.24) is 5.32 Å². The highest BCUT2D eigenvalue weighted by Gasteiger charge is 2.21. The minimum atomic E-state index is 0.472. The molecule has 1 fully saturated rings. The van der Waals surface area contributed by atoms with Crippen molar-refractivity contribution >= 4 is 31.9 Å². The quantitative estimate of drug-likeness (QED) is 0.668. The van der Waals surface area contributed by atoms with Gasteiger partial charge in [-0.3, -0.25) is 0 Å². The summed E-state index contributed by atoms with van der Waals surface area (Å²) in [4.78, 5) is 0. The summed E-state index contributed by atoms with van der Waals surface area (Å²) in [5.41, 5.74) is 1.39. The van der Waals surface area contributed by atoms with Crippen molar-refractivity contribution in [2.24, 2.45) is 5.92 Å². The summed E-state index contributed by atoms with van der Waals surface area (Å²) in [5.74, 6) is 0.892. The summed E-state index contributed by atoms with van der Waals surface area (Å²) in [7, 11) is 0. The lowest BCUT2D eigenvalue weighted by molar-refractivity contribution is 0.301. The van der Waals surface area contributed by atoms with Gasteiger partial charge in [0.25, 0.3) is 0 Å². The molecule has 0 aromatic heterocycles. The minimum absolute atomic E-state index is 0.472. The van der Waals surface area contributed by atoms with Gasteiger partial charge in [-0.05, 0) is 42.6 Å². The Balaban J connectivity index is 2.11. The Kier molecular flexibility index (Phi) is 6.37. The lowest BCUT2D eigenvalue weighted by Crippen LogP contribution is -2.24. The van der Waals surface area contributed by atoms with Gasteiger partial charge in [-0.1, -0.05) is 70.9 Å². The van der Waals surface area contributed by atoms with Crippen molar-refractivity contribution in [1.29, 1.82) is 0 Å². The third kappa shape index (κ3) is 4.57. The highest BCUT2D eigenvalue weighted by atomic mass is 79.9. The summed E-state index contributed by atoms with van der Waals surface area (Å²) in [6.07, 6.45) is 8.36. The van der Waals surface area contributed by atoms with Crippen LogP contribution in [0.25, 0.3) is 0 Å². The van der Waals surface area contributed by atoms with Gasteiger partial charge in [0.1, 0.15) is 0 Å². The first-order valence-electron chi connectivity index (χ1n) is 7.39. The number of hydrogen-bond acceptors (Lipinski definition) is 1. The molecule has 106 valence electrons. The standard InChI is InChI=1S/C16H23Br2N/c1-2-19-16(10-12-6-4-3-5-7-12)14-11-13(17)8-9-15(14)18/h8-9,11-12,16,19H,2-7,10H2,1H3. The number of benzene rings is 1. The van der Waals surface area contributed by atoms with E-state index in [1.807, 2.05) is 0 Å². The number of halogens is 2. The first-order chi connectivity index (χ1) is 9.20. The second-order valence-electron chi connectivity index (χ2n) is 5.52. The monoisotopic (exact) mass is 387 g/mol. The molecular weight excluding hydrogens is 366 g/mol. The first-order valence-corrected chi connectivity index (χ1v) is 8.97. The van der Waals surface area contributed by atoms with Crippen LogP contribution in [0.5, 0.6) is 0 Å². The van der Waals surface area contributed by atoms with E-state index in [-0.39, 0.29) is 0 Å². The maximum Gasteiger partial charge on any atom is 0.0334 e. The molecule has 0 saturated heterocycles. The molecule has 1 aliphatic carbocycles. The molecule has 0 heterocycles. The van der Waals surface area contributed by atoms with Crippen LogP contribution in [0.15, 0.2) is 27.1 Å². The van der Waals surface area contributed by atoms with E-state index in [0.29, 0.717) is 6.04 Å². The average molecular weight is 389 g/mol. The molecule has 3 heteroatoms. The van der Waals surface area contributed by atoms with Crippen molar-refractivity contribution in [3.05, 3.63) is 32.7 Å². The van der Waals surface area contributed by atoms with E-state index in [0.717, 1.165) is 16.9 Å². The van der Waals surface area contributed by atoms with Crippen LogP contribution in [0.4, 0.5) is 0 Å². The SMILES string of the molecule is CCNC(CC1CCCCC1)c1cc(Br)ccc1Br. The van der Waals surface area contributed by atoms with Gasteiger partial charge in [0.15, 0.2) is 0 Å². The normalized spacial score (nSPS) is 18.5. The molecule has 0 aliphatic heterocycles. The van der Waals surface area contributed by atoms with E-state index < -0.39 is 0 Å². The number of hydrogen-bond donors (Lipinski definition) is 1. The van der Waals surface area contributed by atoms with Crippen LogP contribution < -0.4 is 5.32 Å². The van der Waals surface area contributed by atoms with Gasteiger partial charge in [-0.25, -0.2) is 0 Å². The predicted octanol–water partition coefficient (Wildman–Crippen LogP) is 5.83. The molecule has 1 unspecified atom stereocenters. The molecule has 1 nitrogen and oxygen atoms in total. The fourth-order valence-corrected chi connectivity index (χ4v) is 4.01. The Morgan fingerprint density at radius 3 is 2.63 bits per heavy atom. The van der Waals surface area contributed by atoms with Gasteiger partial charge in [-0.15, -0.1) is 0 Å². The molecule has 0 radical (unpaired) electrons. The van der Waals surface area contributed by atoms with Crippen molar-refractivity contribution in [2.45, 2.75) is 51.5 Å². The van der Waals surface area contributed by atoms with Crippen LogP contribution in [0.2, 0.25) is 0 Å². The van der Waals surface area contributed by atoms with E-state index in [4.69, 9.17) is 0 Å². The van der Waals surface area contributed by atoms with Gasteiger partial charge in [0, 0.05) is 15.0 Å². The predicted molar refractivity (Wildman–Crippen MR) is 89.5 cm³/mol. The summed E-state index contributed by atoms with van der Waals surface area (Å²) >= 11 is 7.30. The maximum absolute atomic E-state index is 3.71. The molecule has 0 amide bonds. The molecule has 1 N–H and O–H groups in total. The van der Waals surface area contributed by atoms with E-state index in [1.54, 1.807) is 0 Å². The molecule has 1 aliphatic rings. The largest absolute Gasteiger partial charge is 0.310 e. The summed E-state index contributed by atoms with van der Waals surface area (Å²) in [5, 5.41) is 3.66. The zero-order chi connectivity index (χ0) is 13.7. The zero-order valence-corrected chi connectivity index (χ0v) is 14.8. The number of nitrogens with one attached hydrogen (secondary N) is 1. The number of rotatable bonds is 5. The van der Waals surface area contributed by atoms with Gasteiger partial charge in [0.05, 0.1) is 0 Å². The summed E-state index contributed by atoms with van der Waals surface area (Å²) in [6, 6.07) is 6.96. The molecule has 1 saturated carbocycles. The molecule has 1 aromatic rings. The second kappa shape index (κ2) is 7.80. The lowest BCUT2D eigenvalue weighted by atomic mass is 9.83. The summed E-state index contributed by atoms with van der Waals surface area (Å²) in [6.45, 7) is 3.22. The van der Waals surface area contributed by atoms with Gasteiger partial charge < -0.3 is 5.32 Å². The fourth-order valence-electron chi connectivity index (χ4n) is 3.10. The Hall–Kier alpha value is 0.140.